The molecular formula is C18H17ClN2O3S. The molecule has 0 bridgehead atoms. The van der Waals surface area contributed by atoms with E-state index in [1.54, 1.807) is 29.7 Å². The summed E-state index contributed by atoms with van der Waals surface area (Å²) in [4.78, 5) is 24.9. The van der Waals surface area contributed by atoms with E-state index < -0.39 is 12.0 Å². The number of esters is 1. The maximum atomic E-state index is 12.8. The molecule has 3 aromatic rings. The number of thiophene rings is 1. The maximum absolute atomic E-state index is 12.8. The number of aromatic nitrogens is 1. The number of methoxy groups -OCH3 is 1. The number of nitrogens with one attached hydrogen (secondary N) is 1. The molecule has 25 heavy (non-hydrogen) atoms. The molecule has 1 N–H and O–H groups in total. The van der Waals surface area contributed by atoms with Crippen LogP contribution in [0.2, 0.25) is 5.02 Å². The molecule has 1 amide bonds. The zero-order valence-electron chi connectivity index (χ0n) is 14.0. The standard InChI is InChI=1S/C18H17ClN2O3S/c1-10-4-5-12(19)8-13(10)20-17(22)11(2)21-14-6-7-25-16(14)9-15(21)18(23)24-3/h4-9,11H,1-3H3,(H,20,22). The Labute approximate surface area is 154 Å². The Morgan fingerprint density at radius 2 is 2.04 bits per heavy atom. The zero-order chi connectivity index (χ0) is 18.1. The first kappa shape index (κ1) is 17.5. The van der Waals surface area contributed by atoms with Gasteiger partial charge in [0.25, 0.3) is 0 Å². The first-order valence-corrected chi connectivity index (χ1v) is 8.92. The van der Waals surface area contributed by atoms with E-state index in [1.165, 1.54) is 18.4 Å². The molecule has 0 fully saturated rings. The number of rotatable bonds is 4. The van der Waals surface area contributed by atoms with Gasteiger partial charge in [0, 0.05) is 10.7 Å². The van der Waals surface area contributed by atoms with Crippen LogP contribution in [0.25, 0.3) is 10.2 Å². The van der Waals surface area contributed by atoms with Gasteiger partial charge in [-0.25, -0.2) is 4.79 Å². The van der Waals surface area contributed by atoms with Crippen LogP contribution in [0.3, 0.4) is 0 Å². The Morgan fingerprint density at radius 3 is 2.76 bits per heavy atom. The minimum atomic E-state index is -0.598. The fourth-order valence-corrected chi connectivity index (χ4v) is 3.69. The third-order valence-electron chi connectivity index (χ3n) is 4.08. The summed E-state index contributed by atoms with van der Waals surface area (Å²) < 4.78 is 7.49. The first-order chi connectivity index (χ1) is 11.9. The van der Waals surface area contributed by atoms with Crippen LogP contribution in [0.1, 0.15) is 29.0 Å². The van der Waals surface area contributed by atoms with Crippen LogP contribution in [-0.2, 0) is 9.53 Å². The van der Waals surface area contributed by atoms with E-state index >= 15 is 0 Å². The second kappa shape index (κ2) is 6.90. The highest BCUT2D eigenvalue weighted by Gasteiger charge is 2.25. The van der Waals surface area contributed by atoms with E-state index in [2.05, 4.69) is 5.32 Å². The Hall–Kier alpha value is -2.31. The number of carbonyl (C=O) groups excluding carboxylic acids is 2. The summed E-state index contributed by atoms with van der Waals surface area (Å²) in [5, 5.41) is 5.36. The summed E-state index contributed by atoms with van der Waals surface area (Å²) in [6.07, 6.45) is 0. The molecule has 0 aliphatic heterocycles. The number of aryl methyl sites for hydroxylation is 1. The second-order valence-corrected chi connectivity index (χ2v) is 7.07. The molecule has 0 spiro atoms. The Balaban J connectivity index is 1.97. The summed E-state index contributed by atoms with van der Waals surface area (Å²) in [6.45, 7) is 3.64. The Morgan fingerprint density at radius 1 is 1.28 bits per heavy atom. The minimum Gasteiger partial charge on any atom is -0.464 e. The van der Waals surface area contributed by atoms with Gasteiger partial charge >= 0.3 is 5.97 Å². The quantitative estimate of drug-likeness (QED) is 0.674. The molecule has 0 saturated carbocycles. The molecule has 7 heteroatoms. The summed E-state index contributed by atoms with van der Waals surface area (Å²) in [5.41, 5.74) is 2.75. The Bertz CT molecular complexity index is 961. The number of carbonyl (C=O) groups is 2. The number of amides is 1. The van der Waals surface area contributed by atoms with Crippen molar-refractivity contribution in [2.75, 3.05) is 12.4 Å². The molecule has 1 aromatic carbocycles. The molecule has 5 nitrogen and oxygen atoms in total. The second-order valence-electron chi connectivity index (χ2n) is 5.69. The van der Waals surface area contributed by atoms with Crippen molar-refractivity contribution in [2.45, 2.75) is 19.9 Å². The Kier molecular flexibility index (Phi) is 4.83. The monoisotopic (exact) mass is 376 g/mol. The normalized spacial score (nSPS) is 12.2. The van der Waals surface area contributed by atoms with Gasteiger partial charge in [0.05, 0.1) is 17.3 Å². The zero-order valence-corrected chi connectivity index (χ0v) is 15.6. The lowest BCUT2D eigenvalue weighted by atomic mass is 10.2. The van der Waals surface area contributed by atoms with Gasteiger partial charge in [-0.15, -0.1) is 11.3 Å². The van der Waals surface area contributed by atoms with Gasteiger partial charge in [-0.1, -0.05) is 17.7 Å². The van der Waals surface area contributed by atoms with Gasteiger partial charge in [-0.3, -0.25) is 4.79 Å². The SMILES string of the molecule is COC(=O)c1cc2sccc2n1C(C)C(=O)Nc1cc(Cl)ccc1C. The molecule has 2 heterocycles. The summed E-state index contributed by atoms with van der Waals surface area (Å²) >= 11 is 7.52. The van der Waals surface area contributed by atoms with Gasteiger partial charge in [0.1, 0.15) is 11.7 Å². The molecule has 1 atom stereocenters. The van der Waals surface area contributed by atoms with Crippen molar-refractivity contribution < 1.29 is 14.3 Å². The van der Waals surface area contributed by atoms with Crippen molar-refractivity contribution >= 4 is 50.7 Å². The van der Waals surface area contributed by atoms with Gasteiger partial charge in [-0.2, -0.15) is 0 Å². The highest BCUT2D eigenvalue weighted by atomic mass is 35.5. The number of benzene rings is 1. The number of hydrogen-bond acceptors (Lipinski definition) is 4. The molecule has 0 aliphatic rings. The van der Waals surface area contributed by atoms with E-state index in [0.717, 1.165) is 15.8 Å². The number of halogens is 1. The highest BCUT2D eigenvalue weighted by molar-refractivity contribution is 7.17. The van der Waals surface area contributed by atoms with Crippen molar-refractivity contribution in [3.05, 3.63) is 52.0 Å². The summed E-state index contributed by atoms with van der Waals surface area (Å²) in [7, 11) is 1.33. The number of fused-ring (bicyclic) bond motifs is 1. The predicted molar refractivity (Wildman–Crippen MR) is 101 cm³/mol. The molecule has 130 valence electrons. The highest BCUT2D eigenvalue weighted by Crippen LogP contribution is 2.30. The van der Waals surface area contributed by atoms with E-state index in [0.29, 0.717) is 16.4 Å². The van der Waals surface area contributed by atoms with Gasteiger partial charge in [0.15, 0.2) is 0 Å². The lowest BCUT2D eigenvalue weighted by Crippen LogP contribution is -2.26. The number of ether oxygens (including phenoxy) is 1. The largest absolute Gasteiger partial charge is 0.464 e. The average Bonchev–Trinajstić information content (AvgIpc) is 3.17. The first-order valence-electron chi connectivity index (χ1n) is 7.66. The van der Waals surface area contributed by atoms with Crippen LogP contribution < -0.4 is 5.32 Å². The lowest BCUT2D eigenvalue weighted by Gasteiger charge is -2.18. The predicted octanol–water partition coefficient (Wildman–Crippen LogP) is 4.65. The van der Waals surface area contributed by atoms with E-state index in [4.69, 9.17) is 16.3 Å². The van der Waals surface area contributed by atoms with Gasteiger partial charge in [-0.05, 0) is 49.1 Å². The topological polar surface area (TPSA) is 60.3 Å². The number of nitrogens with zero attached hydrogens (tertiary/aromatic N) is 1. The smallest absolute Gasteiger partial charge is 0.354 e. The van der Waals surface area contributed by atoms with Crippen LogP contribution in [-0.4, -0.2) is 23.6 Å². The summed E-state index contributed by atoms with van der Waals surface area (Å²) in [6, 6.07) is 8.36. The van der Waals surface area contributed by atoms with Crippen LogP contribution in [0.15, 0.2) is 35.7 Å². The van der Waals surface area contributed by atoms with Crippen molar-refractivity contribution in [2.24, 2.45) is 0 Å². The third-order valence-corrected chi connectivity index (χ3v) is 5.17. The maximum Gasteiger partial charge on any atom is 0.354 e. The molecule has 0 aliphatic carbocycles. The fraction of sp³-hybridized carbons (Fsp3) is 0.222. The molecular weight excluding hydrogens is 360 g/mol. The van der Waals surface area contributed by atoms with Gasteiger partial charge < -0.3 is 14.6 Å². The van der Waals surface area contributed by atoms with Crippen molar-refractivity contribution in [3.8, 4) is 0 Å². The van der Waals surface area contributed by atoms with E-state index in [-0.39, 0.29) is 5.91 Å². The van der Waals surface area contributed by atoms with Crippen LogP contribution in [0.4, 0.5) is 5.69 Å². The van der Waals surface area contributed by atoms with Crippen molar-refractivity contribution in [1.29, 1.82) is 0 Å². The fourth-order valence-electron chi connectivity index (χ4n) is 2.71. The minimum absolute atomic E-state index is 0.237. The van der Waals surface area contributed by atoms with Crippen LogP contribution >= 0.6 is 22.9 Å². The van der Waals surface area contributed by atoms with Crippen LogP contribution in [0.5, 0.6) is 0 Å². The van der Waals surface area contributed by atoms with Crippen LogP contribution in [0, 0.1) is 6.92 Å². The molecule has 1 unspecified atom stereocenters. The summed E-state index contributed by atoms with van der Waals surface area (Å²) in [5.74, 6) is -0.707. The average molecular weight is 377 g/mol. The van der Waals surface area contributed by atoms with Crippen molar-refractivity contribution in [3.63, 3.8) is 0 Å². The number of hydrogen-bond donors (Lipinski definition) is 1. The molecule has 3 rings (SSSR count). The number of anilines is 1. The third kappa shape index (κ3) is 3.27. The lowest BCUT2D eigenvalue weighted by molar-refractivity contribution is -0.118. The molecule has 0 radical (unpaired) electrons. The van der Waals surface area contributed by atoms with Gasteiger partial charge in [0.2, 0.25) is 5.91 Å². The van der Waals surface area contributed by atoms with Crippen molar-refractivity contribution in [1.82, 2.24) is 4.57 Å². The van der Waals surface area contributed by atoms with E-state index in [1.807, 2.05) is 24.4 Å². The molecule has 0 saturated heterocycles. The van der Waals surface area contributed by atoms with E-state index in [9.17, 15) is 9.59 Å². The molecule has 2 aromatic heterocycles.